The lowest BCUT2D eigenvalue weighted by atomic mass is 10.5. The largest absolute Gasteiger partial charge is 0.508 e. The Morgan fingerprint density at radius 1 is 0.850 bits per heavy atom. The molecule has 118 valence electrons. The molecule has 0 spiro atoms. The molecule has 0 aliphatic carbocycles. The molecule has 0 amide bonds. The first-order valence-electron chi connectivity index (χ1n) is 6.89. The van der Waals surface area contributed by atoms with E-state index in [1.54, 1.807) is 12.2 Å². The Morgan fingerprint density at radius 2 is 1.25 bits per heavy atom. The van der Waals surface area contributed by atoms with Crippen LogP contribution in [0, 0.1) is 0 Å². The van der Waals surface area contributed by atoms with Gasteiger partial charge in [0.15, 0.2) is 0 Å². The Hall–Kier alpha value is -1.33. The van der Waals surface area contributed by atoms with Crippen LogP contribution in [0.5, 0.6) is 0 Å². The predicted octanol–water partition coefficient (Wildman–Crippen LogP) is 3.35. The van der Waals surface area contributed by atoms with E-state index in [2.05, 4.69) is 22.6 Å². The molecule has 0 atom stereocenters. The maximum Gasteiger partial charge on any atom is 0.508 e. The van der Waals surface area contributed by atoms with Gasteiger partial charge in [0.25, 0.3) is 0 Å². The fourth-order valence-corrected chi connectivity index (χ4v) is 0.864. The molecule has 0 saturated carbocycles. The van der Waals surface area contributed by atoms with Crippen molar-refractivity contribution in [3.63, 3.8) is 0 Å². The molecule has 5 nitrogen and oxygen atoms in total. The summed E-state index contributed by atoms with van der Waals surface area (Å²) < 4.78 is 19.4. The molecule has 0 aromatic rings. The van der Waals surface area contributed by atoms with Gasteiger partial charge in [-0.25, -0.2) is 4.79 Å². The molecule has 0 heterocycles. The molecule has 0 N–H and O–H groups in total. The molecule has 0 unspecified atom stereocenters. The lowest BCUT2D eigenvalue weighted by Gasteiger charge is -2.02. The average Bonchev–Trinajstić information content (AvgIpc) is 2.47. The van der Waals surface area contributed by atoms with Crippen LogP contribution in [-0.2, 0) is 18.9 Å². The molecule has 0 aromatic carbocycles. The Kier molecular flexibility index (Phi) is 21.0. The molecule has 0 aliphatic rings. The lowest BCUT2D eigenvalue weighted by Crippen LogP contribution is -2.08. The van der Waals surface area contributed by atoms with E-state index in [9.17, 15) is 4.79 Å². The van der Waals surface area contributed by atoms with Gasteiger partial charge in [-0.05, 0) is 12.8 Å². The SMILES string of the molecule is C=CCOCCOCC=C.CCCOC(=O)OCCC. The van der Waals surface area contributed by atoms with Crippen LogP contribution in [0.15, 0.2) is 25.3 Å². The second kappa shape index (κ2) is 20.0. The zero-order valence-electron chi connectivity index (χ0n) is 12.8. The second-order valence-electron chi connectivity index (χ2n) is 3.67. The Balaban J connectivity index is 0. The third kappa shape index (κ3) is 21.9. The lowest BCUT2D eigenvalue weighted by molar-refractivity contribution is 0.0555. The summed E-state index contributed by atoms with van der Waals surface area (Å²) in [7, 11) is 0. The summed E-state index contributed by atoms with van der Waals surface area (Å²) in [4.78, 5) is 10.5. The average molecular weight is 288 g/mol. The standard InChI is InChI=1S/C8H14O2.C7H14O3/c1-3-5-9-7-8-10-6-4-2;1-3-5-9-7(8)10-6-4-2/h3-4H,1-2,5-8H2;3-6H2,1-2H3. The van der Waals surface area contributed by atoms with Crippen molar-refractivity contribution in [3.05, 3.63) is 25.3 Å². The number of hydrogen-bond acceptors (Lipinski definition) is 5. The van der Waals surface area contributed by atoms with Gasteiger partial charge in [0.05, 0.1) is 39.6 Å². The number of ether oxygens (including phenoxy) is 4. The van der Waals surface area contributed by atoms with Crippen LogP contribution in [0.2, 0.25) is 0 Å². The van der Waals surface area contributed by atoms with E-state index in [1.165, 1.54) is 0 Å². The quantitative estimate of drug-likeness (QED) is 0.331. The zero-order valence-corrected chi connectivity index (χ0v) is 12.8. The highest BCUT2D eigenvalue weighted by atomic mass is 16.7. The highest BCUT2D eigenvalue weighted by Crippen LogP contribution is 1.88. The van der Waals surface area contributed by atoms with Gasteiger partial charge < -0.3 is 18.9 Å². The van der Waals surface area contributed by atoms with Crippen LogP contribution in [-0.4, -0.2) is 45.8 Å². The molecule has 0 fully saturated rings. The number of rotatable bonds is 11. The van der Waals surface area contributed by atoms with Gasteiger partial charge in [-0.1, -0.05) is 26.0 Å². The van der Waals surface area contributed by atoms with Crippen molar-refractivity contribution in [3.8, 4) is 0 Å². The van der Waals surface area contributed by atoms with E-state index < -0.39 is 6.16 Å². The molecule has 0 aliphatic heterocycles. The molecule has 0 aromatic heterocycles. The van der Waals surface area contributed by atoms with E-state index >= 15 is 0 Å². The van der Waals surface area contributed by atoms with Crippen molar-refractivity contribution >= 4 is 6.16 Å². The second-order valence-corrected chi connectivity index (χ2v) is 3.67. The van der Waals surface area contributed by atoms with E-state index in [1.807, 2.05) is 13.8 Å². The van der Waals surface area contributed by atoms with Crippen LogP contribution in [0.4, 0.5) is 4.79 Å². The van der Waals surface area contributed by atoms with E-state index in [4.69, 9.17) is 9.47 Å². The molecular formula is C15H28O5. The summed E-state index contributed by atoms with van der Waals surface area (Å²) in [5.74, 6) is 0. The summed E-state index contributed by atoms with van der Waals surface area (Å²) >= 11 is 0. The maximum atomic E-state index is 10.5. The number of carbonyl (C=O) groups is 1. The van der Waals surface area contributed by atoms with Crippen molar-refractivity contribution in [2.75, 3.05) is 39.6 Å². The minimum Gasteiger partial charge on any atom is -0.434 e. The zero-order chi connectivity index (χ0) is 15.5. The minimum atomic E-state index is -0.552. The Labute approximate surface area is 122 Å². The normalized spacial score (nSPS) is 9.10. The monoisotopic (exact) mass is 288 g/mol. The Bertz CT molecular complexity index is 206. The first kappa shape index (κ1) is 21.0. The van der Waals surface area contributed by atoms with Gasteiger partial charge in [0, 0.05) is 0 Å². The van der Waals surface area contributed by atoms with Crippen molar-refractivity contribution in [1.29, 1.82) is 0 Å². The summed E-state index contributed by atoms with van der Waals surface area (Å²) in [5.41, 5.74) is 0. The Morgan fingerprint density at radius 3 is 1.55 bits per heavy atom. The van der Waals surface area contributed by atoms with Crippen molar-refractivity contribution in [2.24, 2.45) is 0 Å². The summed E-state index contributed by atoms with van der Waals surface area (Å²) in [6.07, 6.45) is 4.55. The van der Waals surface area contributed by atoms with Crippen molar-refractivity contribution in [1.82, 2.24) is 0 Å². The first-order valence-corrected chi connectivity index (χ1v) is 6.89. The molecule has 0 radical (unpaired) electrons. The number of carbonyl (C=O) groups excluding carboxylic acids is 1. The maximum absolute atomic E-state index is 10.5. The topological polar surface area (TPSA) is 54.0 Å². The fourth-order valence-electron chi connectivity index (χ4n) is 0.864. The van der Waals surface area contributed by atoms with Crippen LogP contribution in [0.3, 0.4) is 0 Å². The third-order valence-electron chi connectivity index (χ3n) is 1.69. The minimum absolute atomic E-state index is 0.447. The first-order chi connectivity index (χ1) is 9.72. The van der Waals surface area contributed by atoms with E-state index in [0.29, 0.717) is 39.6 Å². The van der Waals surface area contributed by atoms with Crippen LogP contribution < -0.4 is 0 Å². The number of hydrogen-bond donors (Lipinski definition) is 0. The highest BCUT2D eigenvalue weighted by Gasteiger charge is 1.99. The van der Waals surface area contributed by atoms with E-state index in [-0.39, 0.29) is 0 Å². The van der Waals surface area contributed by atoms with Gasteiger partial charge in [0.1, 0.15) is 0 Å². The van der Waals surface area contributed by atoms with Gasteiger partial charge in [-0.2, -0.15) is 0 Å². The summed E-state index contributed by atoms with van der Waals surface area (Å²) in [6, 6.07) is 0. The van der Waals surface area contributed by atoms with Crippen molar-refractivity contribution < 1.29 is 23.7 Å². The summed E-state index contributed by atoms with van der Waals surface area (Å²) in [6.45, 7) is 14.2. The predicted molar refractivity (Wildman–Crippen MR) is 79.9 cm³/mol. The molecule has 20 heavy (non-hydrogen) atoms. The fraction of sp³-hybridized carbons (Fsp3) is 0.667. The molecular weight excluding hydrogens is 260 g/mol. The summed E-state index contributed by atoms with van der Waals surface area (Å²) in [5, 5.41) is 0. The van der Waals surface area contributed by atoms with E-state index in [0.717, 1.165) is 12.8 Å². The van der Waals surface area contributed by atoms with Gasteiger partial charge in [0.2, 0.25) is 0 Å². The van der Waals surface area contributed by atoms with Gasteiger partial charge >= 0.3 is 6.16 Å². The third-order valence-corrected chi connectivity index (χ3v) is 1.69. The highest BCUT2D eigenvalue weighted by molar-refractivity contribution is 5.59. The van der Waals surface area contributed by atoms with Crippen LogP contribution in [0.25, 0.3) is 0 Å². The molecule has 0 rings (SSSR count). The van der Waals surface area contributed by atoms with Gasteiger partial charge in [-0.3, -0.25) is 0 Å². The van der Waals surface area contributed by atoms with Crippen LogP contribution >= 0.6 is 0 Å². The smallest absolute Gasteiger partial charge is 0.434 e. The van der Waals surface area contributed by atoms with Crippen LogP contribution in [0.1, 0.15) is 26.7 Å². The van der Waals surface area contributed by atoms with Crippen molar-refractivity contribution in [2.45, 2.75) is 26.7 Å². The van der Waals surface area contributed by atoms with Gasteiger partial charge in [-0.15, -0.1) is 13.2 Å². The molecule has 0 bridgehead atoms. The molecule has 0 saturated heterocycles. The molecule has 5 heteroatoms.